The van der Waals surface area contributed by atoms with Crippen molar-refractivity contribution in [1.82, 2.24) is 10.4 Å². The van der Waals surface area contributed by atoms with Crippen LogP contribution in [0.4, 0.5) is 13.2 Å². The first-order valence-corrected chi connectivity index (χ1v) is 6.32. The number of alkyl halides is 3. The zero-order chi connectivity index (χ0) is 15.1. The number of rotatable bonds is 2. The molecule has 1 aliphatic rings. The topological polar surface area (TPSA) is 32.3 Å². The molecule has 1 amide bonds. The lowest BCUT2D eigenvalue weighted by molar-refractivity contribution is -0.191. The van der Waals surface area contributed by atoms with E-state index in [9.17, 15) is 18.0 Å². The van der Waals surface area contributed by atoms with Crippen LogP contribution >= 0.6 is 0 Å². The van der Waals surface area contributed by atoms with E-state index in [-0.39, 0.29) is 18.0 Å². The van der Waals surface area contributed by atoms with Gasteiger partial charge < -0.3 is 0 Å². The molecule has 2 rings (SSSR count). The van der Waals surface area contributed by atoms with Gasteiger partial charge in [0, 0.05) is 6.54 Å². The van der Waals surface area contributed by atoms with Gasteiger partial charge in [-0.15, -0.1) is 0 Å². The molecule has 0 bridgehead atoms. The number of nitrogens with one attached hydrogen (secondary N) is 1. The quantitative estimate of drug-likeness (QED) is 0.906. The molecule has 0 aliphatic carbocycles. The summed E-state index contributed by atoms with van der Waals surface area (Å²) >= 11 is 0. The lowest BCUT2D eigenvalue weighted by Crippen LogP contribution is -2.43. The van der Waals surface area contributed by atoms with E-state index in [0.717, 1.165) is 10.6 Å². The molecule has 0 radical (unpaired) electrons. The first kappa shape index (κ1) is 14.8. The molecule has 1 aliphatic heterocycles. The minimum Gasteiger partial charge on any atom is -0.287 e. The van der Waals surface area contributed by atoms with Crippen LogP contribution in [0.15, 0.2) is 24.3 Å². The Kier molecular flexibility index (Phi) is 3.54. The number of hydrogen-bond acceptors (Lipinski definition) is 2. The zero-order valence-corrected chi connectivity index (χ0v) is 11.6. The van der Waals surface area contributed by atoms with Gasteiger partial charge in [-0.3, -0.25) is 10.2 Å². The SMILES string of the molecule is Cc1ccc([C@H](N2CC(C)(C)C(=O)N2)C(F)(F)F)cc1. The number of amides is 1. The van der Waals surface area contributed by atoms with Crippen molar-refractivity contribution in [3.05, 3.63) is 35.4 Å². The number of benzene rings is 1. The van der Waals surface area contributed by atoms with Crippen LogP contribution in [-0.2, 0) is 4.79 Å². The molecule has 0 aromatic heterocycles. The Morgan fingerprint density at radius 2 is 1.80 bits per heavy atom. The number of aryl methyl sites for hydroxylation is 1. The smallest absolute Gasteiger partial charge is 0.287 e. The summed E-state index contributed by atoms with van der Waals surface area (Å²) in [5, 5.41) is 0.979. The van der Waals surface area contributed by atoms with E-state index in [1.54, 1.807) is 26.0 Å². The van der Waals surface area contributed by atoms with Gasteiger partial charge in [-0.1, -0.05) is 29.8 Å². The van der Waals surface area contributed by atoms with Crippen LogP contribution in [0.1, 0.15) is 31.0 Å². The van der Waals surface area contributed by atoms with Gasteiger partial charge >= 0.3 is 6.18 Å². The molecular formula is C14H17F3N2O. The zero-order valence-electron chi connectivity index (χ0n) is 11.6. The summed E-state index contributed by atoms with van der Waals surface area (Å²) in [6, 6.07) is 4.35. The Hall–Kier alpha value is -1.56. The van der Waals surface area contributed by atoms with Crippen LogP contribution in [-0.4, -0.2) is 23.6 Å². The summed E-state index contributed by atoms with van der Waals surface area (Å²) < 4.78 is 40.0. The molecule has 110 valence electrons. The summed E-state index contributed by atoms with van der Waals surface area (Å²) in [6.07, 6.45) is -4.46. The Morgan fingerprint density at radius 3 is 2.20 bits per heavy atom. The number of nitrogens with zero attached hydrogens (tertiary/aromatic N) is 1. The minimum atomic E-state index is -4.46. The first-order chi connectivity index (χ1) is 9.11. The predicted octanol–water partition coefficient (Wildman–Crippen LogP) is 2.97. The van der Waals surface area contributed by atoms with Gasteiger partial charge in [-0.25, -0.2) is 5.01 Å². The Morgan fingerprint density at radius 1 is 1.25 bits per heavy atom. The number of hydrogen-bond donors (Lipinski definition) is 1. The van der Waals surface area contributed by atoms with Crippen molar-refractivity contribution in [3.63, 3.8) is 0 Å². The molecule has 6 heteroatoms. The number of halogens is 3. The highest BCUT2D eigenvalue weighted by molar-refractivity contribution is 5.83. The molecule has 1 fully saturated rings. The summed E-state index contributed by atoms with van der Waals surface area (Å²) in [4.78, 5) is 11.7. The molecule has 1 heterocycles. The molecule has 0 spiro atoms. The van der Waals surface area contributed by atoms with E-state index >= 15 is 0 Å². The number of carbonyl (C=O) groups excluding carboxylic acids is 1. The molecule has 1 atom stereocenters. The molecule has 1 saturated heterocycles. The van der Waals surface area contributed by atoms with E-state index in [1.165, 1.54) is 12.1 Å². The van der Waals surface area contributed by atoms with Crippen molar-refractivity contribution in [1.29, 1.82) is 0 Å². The van der Waals surface area contributed by atoms with Gasteiger partial charge in [0.05, 0.1) is 5.41 Å². The van der Waals surface area contributed by atoms with Crippen molar-refractivity contribution in [2.45, 2.75) is 33.0 Å². The van der Waals surface area contributed by atoms with Crippen molar-refractivity contribution in [3.8, 4) is 0 Å². The standard InChI is InChI=1S/C14H17F3N2O/c1-9-4-6-10(7-5-9)11(14(15,16)17)19-8-13(2,3)12(20)18-19/h4-7,11H,8H2,1-3H3,(H,18,20)/t11-/m0/s1. The molecule has 1 aromatic rings. The second-order valence-electron chi connectivity index (χ2n) is 5.81. The summed E-state index contributed by atoms with van der Waals surface area (Å²) in [5.41, 5.74) is 2.53. The minimum absolute atomic E-state index is 0.0177. The maximum atomic E-state index is 13.3. The third kappa shape index (κ3) is 2.80. The van der Waals surface area contributed by atoms with Crippen LogP contribution in [0.25, 0.3) is 0 Å². The largest absolute Gasteiger partial charge is 0.409 e. The second kappa shape index (κ2) is 4.77. The summed E-state index contributed by atoms with van der Waals surface area (Å²) in [6.45, 7) is 5.09. The monoisotopic (exact) mass is 286 g/mol. The van der Waals surface area contributed by atoms with Crippen LogP contribution in [0.3, 0.4) is 0 Å². The molecule has 1 N–H and O–H groups in total. The van der Waals surface area contributed by atoms with Crippen LogP contribution in [0.2, 0.25) is 0 Å². The highest BCUT2D eigenvalue weighted by Gasteiger charge is 2.50. The van der Waals surface area contributed by atoms with Gasteiger partial charge in [0.2, 0.25) is 5.91 Å². The molecule has 20 heavy (non-hydrogen) atoms. The van der Waals surface area contributed by atoms with Crippen molar-refractivity contribution in [2.75, 3.05) is 6.54 Å². The first-order valence-electron chi connectivity index (χ1n) is 6.32. The van der Waals surface area contributed by atoms with Gasteiger partial charge in [-0.05, 0) is 26.3 Å². The second-order valence-corrected chi connectivity index (χ2v) is 5.81. The Balaban J connectivity index is 2.35. The Labute approximate surface area is 115 Å². The van der Waals surface area contributed by atoms with Gasteiger partial charge in [0.15, 0.2) is 0 Å². The third-order valence-corrected chi connectivity index (χ3v) is 3.44. The van der Waals surface area contributed by atoms with Gasteiger partial charge in [-0.2, -0.15) is 13.2 Å². The fraction of sp³-hybridized carbons (Fsp3) is 0.500. The summed E-state index contributed by atoms with van der Waals surface area (Å²) in [7, 11) is 0. The van der Waals surface area contributed by atoms with Crippen LogP contribution < -0.4 is 5.43 Å². The molecule has 0 saturated carbocycles. The lowest BCUT2D eigenvalue weighted by atomic mass is 9.93. The van der Waals surface area contributed by atoms with Crippen molar-refractivity contribution < 1.29 is 18.0 Å². The van der Waals surface area contributed by atoms with E-state index in [1.807, 2.05) is 6.92 Å². The van der Waals surface area contributed by atoms with Crippen LogP contribution in [0.5, 0.6) is 0 Å². The maximum Gasteiger partial charge on any atom is 0.409 e. The van der Waals surface area contributed by atoms with E-state index in [4.69, 9.17) is 0 Å². The summed E-state index contributed by atoms with van der Waals surface area (Å²) in [5.74, 6) is -0.390. The molecule has 3 nitrogen and oxygen atoms in total. The van der Waals surface area contributed by atoms with E-state index in [2.05, 4.69) is 5.43 Å². The highest BCUT2D eigenvalue weighted by atomic mass is 19.4. The molecular weight excluding hydrogens is 269 g/mol. The molecule has 1 aromatic carbocycles. The fourth-order valence-electron chi connectivity index (χ4n) is 2.27. The average Bonchev–Trinajstić information content (AvgIpc) is 2.54. The maximum absolute atomic E-state index is 13.3. The number of carbonyl (C=O) groups is 1. The van der Waals surface area contributed by atoms with Crippen LogP contribution in [0, 0.1) is 12.3 Å². The van der Waals surface area contributed by atoms with E-state index in [0.29, 0.717) is 0 Å². The lowest BCUT2D eigenvalue weighted by Gasteiger charge is -2.29. The Bertz CT molecular complexity index is 508. The highest BCUT2D eigenvalue weighted by Crippen LogP contribution is 2.40. The third-order valence-electron chi connectivity index (χ3n) is 3.44. The predicted molar refractivity (Wildman–Crippen MR) is 68.6 cm³/mol. The normalized spacial score (nSPS) is 20.8. The van der Waals surface area contributed by atoms with Crippen molar-refractivity contribution >= 4 is 5.91 Å². The van der Waals surface area contributed by atoms with Gasteiger partial charge in [0.25, 0.3) is 0 Å². The van der Waals surface area contributed by atoms with Crippen molar-refractivity contribution in [2.24, 2.45) is 5.41 Å². The van der Waals surface area contributed by atoms with E-state index < -0.39 is 17.6 Å². The average molecular weight is 286 g/mol. The fourth-order valence-corrected chi connectivity index (χ4v) is 2.27. The van der Waals surface area contributed by atoms with Gasteiger partial charge in [0.1, 0.15) is 6.04 Å². The number of hydrazine groups is 1. The molecule has 0 unspecified atom stereocenters.